The van der Waals surface area contributed by atoms with Gasteiger partial charge in [-0.05, 0) is 64.0 Å². The van der Waals surface area contributed by atoms with Crippen LogP contribution in [0.15, 0.2) is 24.5 Å². The van der Waals surface area contributed by atoms with Gasteiger partial charge in [0.1, 0.15) is 0 Å². The van der Waals surface area contributed by atoms with Gasteiger partial charge in [0.25, 0.3) is 0 Å². The van der Waals surface area contributed by atoms with Gasteiger partial charge in [-0.1, -0.05) is 6.07 Å². The van der Waals surface area contributed by atoms with Crippen LogP contribution in [-0.2, 0) is 9.53 Å². The molecule has 1 aromatic rings. The summed E-state index contributed by atoms with van der Waals surface area (Å²) in [5.74, 6) is 0.717. The van der Waals surface area contributed by atoms with E-state index in [2.05, 4.69) is 34.9 Å². The number of hydrogen-bond donors (Lipinski definition) is 0. The second-order valence-electron chi connectivity index (χ2n) is 6.96. The summed E-state index contributed by atoms with van der Waals surface area (Å²) < 4.78 is 5.05. The Hall–Kier alpha value is -1.46. The Morgan fingerprint density at radius 3 is 3.00 bits per heavy atom. The lowest BCUT2D eigenvalue weighted by atomic mass is 9.94. The van der Waals surface area contributed by atoms with Gasteiger partial charge in [0.2, 0.25) is 0 Å². The number of rotatable bonds is 6. The van der Waals surface area contributed by atoms with Crippen LogP contribution in [0.3, 0.4) is 0 Å². The van der Waals surface area contributed by atoms with Crippen molar-refractivity contribution in [3.63, 3.8) is 0 Å². The van der Waals surface area contributed by atoms with E-state index in [1.165, 1.54) is 12.0 Å². The number of aromatic nitrogens is 1. The van der Waals surface area contributed by atoms with Crippen LogP contribution in [0.5, 0.6) is 0 Å². The number of esters is 1. The third-order valence-electron chi connectivity index (χ3n) is 5.25. The molecule has 0 saturated carbocycles. The van der Waals surface area contributed by atoms with Crippen LogP contribution < -0.4 is 0 Å². The molecule has 0 amide bonds. The smallest absolute Gasteiger partial charge is 0.309 e. The highest BCUT2D eigenvalue weighted by atomic mass is 16.5. The van der Waals surface area contributed by atoms with Crippen molar-refractivity contribution in [1.82, 2.24) is 14.8 Å². The topological polar surface area (TPSA) is 45.7 Å². The zero-order chi connectivity index (χ0) is 16.2. The molecule has 0 aliphatic carbocycles. The van der Waals surface area contributed by atoms with Crippen molar-refractivity contribution in [2.24, 2.45) is 11.8 Å². The molecule has 0 radical (unpaired) electrons. The molecule has 5 nitrogen and oxygen atoms in total. The minimum Gasteiger partial charge on any atom is -0.465 e. The van der Waals surface area contributed by atoms with Crippen LogP contribution >= 0.6 is 0 Å². The molecule has 0 unspecified atom stereocenters. The lowest BCUT2D eigenvalue weighted by Crippen LogP contribution is -2.31. The summed E-state index contributed by atoms with van der Waals surface area (Å²) in [5.41, 5.74) is 1.31. The van der Waals surface area contributed by atoms with Gasteiger partial charge in [-0.15, -0.1) is 0 Å². The third-order valence-corrected chi connectivity index (χ3v) is 5.25. The molecule has 3 rings (SSSR count). The fraction of sp³-hybridized carbons (Fsp3) is 0.667. The Bertz CT molecular complexity index is 522. The second kappa shape index (κ2) is 7.41. The number of pyridine rings is 1. The van der Waals surface area contributed by atoms with Crippen LogP contribution in [-0.4, -0.2) is 61.1 Å². The first-order valence-electron chi connectivity index (χ1n) is 8.60. The summed E-state index contributed by atoms with van der Waals surface area (Å²) in [6.07, 6.45) is 6.84. The second-order valence-corrected chi connectivity index (χ2v) is 6.96. The summed E-state index contributed by atoms with van der Waals surface area (Å²) in [5, 5.41) is 0. The standard InChI is InChI=1S/C18H27N3O2/c1-20(9-5-14-7-11-23-18(14)22)13-16-6-10-21(2)17(16)15-4-3-8-19-12-15/h3-4,8,12,14,16-17H,5-7,9-11,13H2,1-2H3/t14-,16+,17+/m1/s1. The number of nitrogens with zero attached hydrogens (tertiary/aromatic N) is 3. The molecule has 1 aromatic heterocycles. The van der Waals surface area contributed by atoms with E-state index in [-0.39, 0.29) is 11.9 Å². The zero-order valence-corrected chi connectivity index (χ0v) is 14.1. The Labute approximate surface area is 138 Å². The summed E-state index contributed by atoms with van der Waals surface area (Å²) in [6.45, 7) is 3.75. The number of carbonyl (C=O) groups excluding carboxylic acids is 1. The highest BCUT2D eigenvalue weighted by molar-refractivity contribution is 5.74. The van der Waals surface area contributed by atoms with Gasteiger partial charge in [0.05, 0.1) is 12.5 Å². The van der Waals surface area contributed by atoms with Crippen molar-refractivity contribution < 1.29 is 9.53 Å². The molecule has 23 heavy (non-hydrogen) atoms. The average Bonchev–Trinajstić information content (AvgIpc) is 3.12. The first kappa shape index (κ1) is 16.4. The lowest BCUT2D eigenvalue weighted by Gasteiger charge is -2.29. The van der Waals surface area contributed by atoms with Crippen LogP contribution in [0.4, 0.5) is 0 Å². The van der Waals surface area contributed by atoms with Crippen molar-refractivity contribution in [2.75, 3.05) is 40.3 Å². The third kappa shape index (κ3) is 3.90. The summed E-state index contributed by atoms with van der Waals surface area (Å²) >= 11 is 0. The highest BCUT2D eigenvalue weighted by Gasteiger charge is 2.34. The first-order chi connectivity index (χ1) is 11.1. The highest BCUT2D eigenvalue weighted by Crippen LogP contribution is 2.36. The zero-order valence-electron chi connectivity index (χ0n) is 14.1. The van der Waals surface area contributed by atoms with Gasteiger partial charge in [-0.25, -0.2) is 0 Å². The number of likely N-dealkylation sites (tertiary alicyclic amines) is 1. The molecule has 3 atom stereocenters. The van der Waals surface area contributed by atoms with E-state index in [4.69, 9.17) is 4.74 Å². The van der Waals surface area contributed by atoms with Gasteiger partial charge in [0.15, 0.2) is 0 Å². The quantitative estimate of drug-likeness (QED) is 0.751. The van der Waals surface area contributed by atoms with Gasteiger partial charge < -0.3 is 9.64 Å². The van der Waals surface area contributed by atoms with E-state index in [1.807, 2.05) is 18.5 Å². The van der Waals surface area contributed by atoms with E-state index in [0.717, 1.165) is 32.5 Å². The molecule has 2 aliphatic heterocycles. The molecule has 0 N–H and O–H groups in total. The van der Waals surface area contributed by atoms with Crippen LogP contribution in [0.1, 0.15) is 30.9 Å². The van der Waals surface area contributed by atoms with E-state index >= 15 is 0 Å². The van der Waals surface area contributed by atoms with Crippen molar-refractivity contribution in [3.8, 4) is 0 Å². The SMILES string of the molecule is CN(CC[C@@H]1CCOC1=O)C[C@@H]1CCN(C)[C@H]1c1cccnc1. The maximum Gasteiger partial charge on any atom is 0.309 e. The maximum absolute atomic E-state index is 11.6. The molecule has 0 spiro atoms. The van der Waals surface area contributed by atoms with Crippen LogP contribution in [0.25, 0.3) is 0 Å². The van der Waals surface area contributed by atoms with Crippen LogP contribution in [0, 0.1) is 11.8 Å². The van der Waals surface area contributed by atoms with Crippen LogP contribution in [0.2, 0.25) is 0 Å². The summed E-state index contributed by atoms with van der Waals surface area (Å²) in [4.78, 5) is 20.6. The van der Waals surface area contributed by atoms with Crippen molar-refractivity contribution in [3.05, 3.63) is 30.1 Å². The van der Waals surface area contributed by atoms with E-state index < -0.39 is 0 Å². The summed E-state index contributed by atoms with van der Waals surface area (Å²) in [7, 11) is 4.37. The molecule has 2 fully saturated rings. The molecule has 2 saturated heterocycles. The Morgan fingerprint density at radius 2 is 2.30 bits per heavy atom. The first-order valence-corrected chi connectivity index (χ1v) is 8.60. The molecular formula is C18H27N3O2. The largest absolute Gasteiger partial charge is 0.465 e. The van der Waals surface area contributed by atoms with E-state index in [0.29, 0.717) is 18.6 Å². The molecule has 126 valence electrons. The van der Waals surface area contributed by atoms with Crippen molar-refractivity contribution >= 4 is 5.97 Å². The monoisotopic (exact) mass is 317 g/mol. The predicted octanol–water partition coefficient (Wildman–Crippen LogP) is 1.96. The number of hydrogen-bond acceptors (Lipinski definition) is 5. The van der Waals surface area contributed by atoms with Gasteiger partial charge in [-0.2, -0.15) is 0 Å². The molecular weight excluding hydrogens is 290 g/mol. The van der Waals surface area contributed by atoms with Gasteiger partial charge in [-0.3, -0.25) is 14.7 Å². The Morgan fingerprint density at radius 1 is 1.43 bits per heavy atom. The number of cyclic esters (lactones) is 1. The fourth-order valence-electron chi connectivity index (χ4n) is 3.96. The summed E-state index contributed by atoms with van der Waals surface area (Å²) in [6, 6.07) is 4.65. The van der Waals surface area contributed by atoms with Crippen molar-refractivity contribution in [1.29, 1.82) is 0 Å². The lowest BCUT2D eigenvalue weighted by molar-refractivity contribution is -0.141. The molecule has 0 aromatic carbocycles. The van der Waals surface area contributed by atoms with Crippen molar-refractivity contribution in [2.45, 2.75) is 25.3 Å². The van der Waals surface area contributed by atoms with E-state index in [9.17, 15) is 4.79 Å². The molecule has 0 bridgehead atoms. The maximum atomic E-state index is 11.6. The Kier molecular flexibility index (Phi) is 5.28. The molecule has 2 aliphatic rings. The average molecular weight is 317 g/mol. The van der Waals surface area contributed by atoms with Gasteiger partial charge in [0, 0.05) is 25.0 Å². The predicted molar refractivity (Wildman–Crippen MR) is 88.9 cm³/mol. The normalized spacial score (nSPS) is 28.5. The minimum atomic E-state index is -0.00719. The van der Waals surface area contributed by atoms with Gasteiger partial charge >= 0.3 is 5.97 Å². The fourth-order valence-corrected chi connectivity index (χ4v) is 3.96. The molecule has 3 heterocycles. The Balaban J connectivity index is 1.54. The number of carbonyl (C=O) groups is 1. The molecule has 5 heteroatoms. The van der Waals surface area contributed by atoms with E-state index in [1.54, 1.807) is 0 Å². The minimum absolute atomic E-state index is 0.00719. The number of ether oxygens (including phenoxy) is 1.